The third kappa shape index (κ3) is 5.47. The van der Waals surface area contributed by atoms with Crippen molar-refractivity contribution in [1.29, 1.82) is 0 Å². The Labute approximate surface area is 189 Å². The first-order valence-corrected chi connectivity index (χ1v) is 9.66. The van der Waals surface area contributed by atoms with Gasteiger partial charge in [0.1, 0.15) is 6.33 Å². The molecule has 0 amide bonds. The highest BCUT2D eigenvalue weighted by molar-refractivity contribution is 6.33. The Morgan fingerprint density at radius 3 is 2.36 bits per heavy atom. The van der Waals surface area contributed by atoms with Crippen LogP contribution in [0.1, 0.15) is 22.8 Å². The van der Waals surface area contributed by atoms with Crippen LogP contribution >= 0.6 is 11.6 Å². The molecule has 0 radical (unpaired) electrons. The molecule has 0 aliphatic carbocycles. The van der Waals surface area contributed by atoms with Gasteiger partial charge in [-0.25, -0.2) is 14.8 Å². The summed E-state index contributed by atoms with van der Waals surface area (Å²) in [6.45, 7) is 1.74. The van der Waals surface area contributed by atoms with Crippen molar-refractivity contribution >= 4 is 46.3 Å². The average molecular weight is 482 g/mol. The molecular weight excluding hydrogens is 467 g/mol. The Balaban J connectivity index is 2.03. The van der Waals surface area contributed by atoms with Gasteiger partial charge in [-0.3, -0.25) is 10.1 Å². The smallest absolute Gasteiger partial charge is 0.416 e. The highest BCUT2D eigenvalue weighted by atomic mass is 35.5. The summed E-state index contributed by atoms with van der Waals surface area (Å²) in [4.78, 5) is 30.8. The molecule has 1 aromatic heterocycles. The second-order valence-corrected chi connectivity index (χ2v) is 6.79. The van der Waals surface area contributed by atoms with E-state index in [4.69, 9.17) is 16.3 Å². The number of nitro groups is 1. The van der Waals surface area contributed by atoms with Crippen LogP contribution in [0.15, 0.2) is 48.8 Å². The number of carbonyl (C=O) groups excluding carboxylic acids is 1. The third-order valence-corrected chi connectivity index (χ3v) is 4.56. The zero-order valence-corrected chi connectivity index (χ0v) is 17.6. The number of hydrogen-bond donors (Lipinski definition) is 2. The van der Waals surface area contributed by atoms with Crippen molar-refractivity contribution in [2.75, 3.05) is 17.2 Å². The molecule has 3 rings (SSSR count). The number of nitrogens with one attached hydrogen (secondary N) is 2. The van der Waals surface area contributed by atoms with E-state index in [9.17, 15) is 28.1 Å². The molecule has 0 atom stereocenters. The maximum absolute atomic E-state index is 13.1. The van der Waals surface area contributed by atoms with Gasteiger partial charge in [0.05, 0.1) is 39.1 Å². The monoisotopic (exact) mass is 481 g/mol. The van der Waals surface area contributed by atoms with Crippen LogP contribution in [-0.4, -0.2) is 27.5 Å². The highest BCUT2D eigenvalue weighted by Crippen LogP contribution is 2.38. The van der Waals surface area contributed by atoms with E-state index in [1.807, 2.05) is 0 Å². The van der Waals surface area contributed by atoms with Gasteiger partial charge in [-0.05, 0) is 37.3 Å². The standard InChI is InChI=1S/C20H15ClF3N5O4/c1-2-33-19(30)12-5-3-4-6-14(12)27-17-16(29(31)32)18(26-10-25-17)28-15-9-11(20(22,23)24)7-8-13(15)21/h3-10H,2H2,1H3,(H2,25,26,27,28). The Morgan fingerprint density at radius 1 is 1.12 bits per heavy atom. The number of ether oxygens (including phenoxy) is 1. The first kappa shape index (κ1) is 23.7. The predicted octanol–water partition coefficient (Wildman–Crippen LogP) is 5.72. The largest absolute Gasteiger partial charge is 0.462 e. The fraction of sp³-hybridized carbons (Fsp3) is 0.150. The van der Waals surface area contributed by atoms with Gasteiger partial charge in [0, 0.05) is 0 Å². The normalized spacial score (nSPS) is 11.1. The van der Waals surface area contributed by atoms with E-state index in [0.29, 0.717) is 6.07 Å². The van der Waals surface area contributed by atoms with Crippen molar-refractivity contribution in [3.05, 3.63) is 75.1 Å². The SMILES string of the molecule is CCOC(=O)c1ccccc1Nc1ncnc(Nc2cc(C(F)(F)F)ccc2Cl)c1[N+](=O)[O-]. The van der Waals surface area contributed by atoms with Gasteiger partial charge in [0.15, 0.2) is 0 Å². The molecule has 13 heteroatoms. The first-order valence-electron chi connectivity index (χ1n) is 9.28. The zero-order valence-electron chi connectivity index (χ0n) is 16.8. The molecule has 0 spiro atoms. The van der Waals surface area contributed by atoms with Gasteiger partial charge < -0.3 is 15.4 Å². The van der Waals surface area contributed by atoms with E-state index < -0.39 is 34.1 Å². The Hall–Kier alpha value is -3.93. The number of anilines is 4. The van der Waals surface area contributed by atoms with E-state index >= 15 is 0 Å². The Kier molecular flexibility index (Phi) is 6.97. The number of aromatic nitrogens is 2. The molecule has 0 bridgehead atoms. The van der Waals surface area contributed by atoms with Crippen molar-refractivity contribution in [2.45, 2.75) is 13.1 Å². The van der Waals surface area contributed by atoms with Crippen LogP contribution in [0.5, 0.6) is 0 Å². The predicted molar refractivity (Wildman–Crippen MR) is 114 cm³/mol. The van der Waals surface area contributed by atoms with E-state index in [1.165, 1.54) is 12.1 Å². The van der Waals surface area contributed by atoms with Crippen LogP contribution in [-0.2, 0) is 10.9 Å². The molecule has 0 saturated heterocycles. The summed E-state index contributed by atoms with van der Waals surface area (Å²) < 4.78 is 44.1. The molecule has 9 nitrogen and oxygen atoms in total. The molecule has 3 aromatic rings. The van der Waals surface area contributed by atoms with Crippen LogP contribution in [0, 0.1) is 10.1 Å². The number of halogens is 4. The van der Waals surface area contributed by atoms with Crippen molar-refractivity contribution in [2.24, 2.45) is 0 Å². The van der Waals surface area contributed by atoms with Crippen molar-refractivity contribution in [1.82, 2.24) is 9.97 Å². The molecule has 33 heavy (non-hydrogen) atoms. The number of benzene rings is 2. The van der Waals surface area contributed by atoms with E-state index in [0.717, 1.165) is 18.5 Å². The summed E-state index contributed by atoms with van der Waals surface area (Å²) in [6, 6.07) is 8.59. The second kappa shape index (κ2) is 9.69. The fourth-order valence-corrected chi connectivity index (χ4v) is 2.93. The summed E-state index contributed by atoms with van der Waals surface area (Å²) in [5.74, 6) is -1.38. The van der Waals surface area contributed by atoms with Crippen LogP contribution in [0.4, 0.5) is 41.9 Å². The summed E-state index contributed by atoms with van der Waals surface area (Å²) in [5, 5.41) is 16.8. The Morgan fingerprint density at radius 2 is 1.76 bits per heavy atom. The maximum Gasteiger partial charge on any atom is 0.416 e. The van der Waals surface area contributed by atoms with E-state index in [2.05, 4.69) is 20.6 Å². The number of esters is 1. The molecule has 0 aliphatic rings. The number of para-hydroxylation sites is 1. The zero-order chi connectivity index (χ0) is 24.2. The summed E-state index contributed by atoms with van der Waals surface area (Å²) in [6.07, 6.45) is -3.69. The van der Waals surface area contributed by atoms with E-state index in [-0.39, 0.29) is 34.4 Å². The molecule has 0 unspecified atom stereocenters. The number of carbonyl (C=O) groups is 1. The minimum absolute atomic E-state index is 0.0997. The van der Waals surface area contributed by atoms with Crippen molar-refractivity contribution in [3.8, 4) is 0 Å². The van der Waals surface area contributed by atoms with Gasteiger partial charge in [0.2, 0.25) is 11.6 Å². The maximum atomic E-state index is 13.1. The lowest BCUT2D eigenvalue weighted by Gasteiger charge is -2.14. The van der Waals surface area contributed by atoms with Gasteiger partial charge in [0.25, 0.3) is 0 Å². The quantitative estimate of drug-likeness (QED) is 0.250. The lowest BCUT2D eigenvalue weighted by Crippen LogP contribution is -2.10. The summed E-state index contributed by atoms with van der Waals surface area (Å²) in [7, 11) is 0. The van der Waals surface area contributed by atoms with Crippen LogP contribution < -0.4 is 10.6 Å². The summed E-state index contributed by atoms with van der Waals surface area (Å²) >= 11 is 5.97. The molecule has 0 fully saturated rings. The molecule has 172 valence electrons. The van der Waals surface area contributed by atoms with Gasteiger partial charge in [-0.15, -0.1) is 0 Å². The number of nitrogens with zero attached hydrogens (tertiary/aromatic N) is 3. The molecule has 0 aliphatic heterocycles. The van der Waals surface area contributed by atoms with Crippen LogP contribution in [0.3, 0.4) is 0 Å². The third-order valence-electron chi connectivity index (χ3n) is 4.23. The lowest BCUT2D eigenvalue weighted by atomic mass is 10.1. The number of hydrogen-bond acceptors (Lipinski definition) is 8. The van der Waals surface area contributed by atoms with Crippen LogP contribution in [0.25, 0.3) is 0 Å². The average Bonchev–Trinajstić information content (AvgIpc) is 2.75. The Bertz CT molecular complexity index is 1210. The van der Waals surface area contributed by atoms with Gasteiger partial charge in [-0.1, -0.05) is 23.7 Å². The van der Waals surface area contributed by atoms with Crippen molar-refractivity contribution in [3.63, 3.8) is 0 Å². The number of rotatable bonds is 7. The minimum Gasteiger partial charge on any atom is -0.462 e. The topological polar surface area (TPSA) is 119 Å². The molecule has 2 aromatic carbocycles. The van der Waals surface area contributed by atoms with Gasteiger partial charge >= 0.3 is 17.8 Å². The highest BCUT2D eigenvalue weighted by Gasteiger charge is 2.31. The molecule has 1 heterocycles. The van der Waals surface area contributed by atoms with E-state index in [1.54, 1.807) is 19.1 Å². The molecule has 2 N–H and O–H groups in total. The van der Waals surface area contributed by atoms with Crippen LogP contribution in [0.2, 0.25) is 5.02 Å². The lowest BCUT2D eigenvalue weighted by molar-refractivity contribution is -0.383. The van der Waals surface area contributed by atoms with Gasteiger partial charge in [-0.2, -0.15) is 13.2 Å². The molecular formula is C20H15ClF3N5O4. The summed E-state index contributed by atoms with van der Waals surface area (Å²) in [5.41, 5.74) is -1.66. The fourth-order valence-electron chi connectivity index (χ4n) is 2.77. The first-order chi connectivity index (χ1) is 15.6. The minimum atomic E-state index is -4.65. The number of alkyl halides is 3. The molecule has 0 saturated carbocycles. The van der Waals surface area contributed by atoms with Crippen molar-refractivity contribution < 1.29 is 27.6 Å². The second-order valence-electron chi connectivity index (χ2n) is 6.39.